The summed E-state index contributed by atoms with van der Waals surface area (Å²) in [6.45, 7) is 7.73. The van der Waals surface area contributed by atoms with Gasteiger partial charge in [-0.05, 0) is 92.6 Å². The molecule has 5 N–H and O–H groups in total. The molecule has 0 radical (unpaired) electrons. The summed E-state index contributed by atoms with van der Waals surface area (Å²) in [6.07, 6.45) is 9.38. The smallest absolute Gasteiger partial charge is 0.304 e. The van der Waals surface area contributed by atoms with Crippen molar-refractivity contribution in [1.29, 1.82) is 0 Å². The van der Waals surface area contributed by atoms with Crippen molar-refractivity contribution >= 4 is 75.3 Å². The van der Waals surface area contributed by atoms with Crippen LogP contribution in [0.15, 0.2) is 92.2 Å². The number of rotatable bonds is 17. The number of benzene rings is 2. The lowest BCUT2D eigenvalue weighted by molar-refractivity contribution is -0.437. The minimum Gasteiger partial charge on any atom is -0.481 e. The Balaban J connectivity index is 1.63. The number of hydrogen-bond donors (Lipinski definition) is 5. The largest absolute Gasteiger partial charge is 0.481 e. The average molecular weight is 930 g/mol. The molecule has 3 aliphatic rings. The summed E-state index contributed by atoms with van der Waals surface area (Å²) in [5.41, 5.74) is 3.70. The standard InChI is InChI=1S/C39H48N2O14S5/c1-38(2)30-24-28(59(50,51)52)12-14-32(30)40(19-6-22-57(44,45)46)34(38)16-10-26-8-5-9-27(37(26)56-21-18-36(42)43)11-17-35-39(3,4)31-25-29(60(53,54)55)13-15-33(31)41(35)20-7-23-58(47,48)49/h10-17,24-25H,5-9,18-23H2,1-4H3,(H4-,42,43,44,45,46,47,48,49,50,51,52,53,54,55)/p+1. The van der Waals surface area contributed by atoms with Crippen molar-refractivity contribution < 1.29 is 66.4 Å². The Morgan fingerprint density at radius 3 is 1.98 bits per heavy atom. The zero-order valence-electron chi connectivity index (χ0n) is 33.4. The first-order valence-corrected chi connectivity index (χ1v) is 25.9. The van der Waals surface area contributed by atoms with E-state index in [0.29, 0.717) is 53.2 Å². The second kappa shape index (κ2) is 17.6. The second-order valence-electron chi connectivity index (χ2n) is 15.8. The number of carbonyl (C=O) groups is 1. The number of allylic oxidation sites excluding steroid dienone is 7. The molecule has 21 heteroatoms. The normalized spacial score (nSPS) is 19.5. The van der Waals surface area contributed by atoms with E-state index in [1.54, 1.807) is 0 Å². The van der Waals surface area contributed by atoms with E-state index in [9.17, 15) is 61.8 Å². The molecular weight excluding hydrogens is 881 g/mol. The van der Waals surface area contributed by atoms with Crippen molar-refractivity contribution in [2.24, 2.45) is 0 Å². The van der Waals surface area contributed by atoms with Gasteiger partial charge in [0.15, 0.2) is 5.71 Å². The maximum absolute atomic E-state index is 12.1. The number of anilines is 1. The van der Waals surface area contributed by atoms with Crippen LogP contribution >= 0.6 is 11.8 Å². The lowest BCUT2D eigenvalue weighted by Crippen LogP contribution is -2.28. The van der Waals surface area contributed by atoms with Crippen LogP contribution in [0.2, 0.25) is 0 Å². The van der Waals surface area contributed by atoms with Crippen molar-refractivity contribution in [1.82, 2.24) is 0 Å². The summed E-state index contributed by atoms with van der Waals surface area (Å²) in [5, 5.41) is 9.50. The molecule has 2 heterocycles. The molecule has 0 atom stereocenters. The third kappa shape index (κ3) is 11.0. The Morgan fingerprint density at radius 2 is 1.38 bits per heavy atom. The van der Waals surface area contributed by atoms with E-state index >= 15 is 0 Å². The van der Waals surface area contributed by atoms with Crippen LogP contribution in [0.25, 0.3) is 0 Å². The molecule has 0 amide bonds. The van der Waals surface area contributed by atoms with Crippen LogP contribution in [-0.4, -0.2) is 104 Å². The van der Waals surface area contributed by atoms with Gasteiger partial charge < -0.3 is 10.0 Å². The highest BCUT2D eigenvalue weighted by Crippen LogP contribution is 2.49. The summed E-state index contributed by atoms with van der Waals surface area (Å²) in [5.74, 6) is -1.77. The van der Waals surface area contributed by atoms with Gasteiger partial charge in [-0.25, -0.2) is 0 Å². The summed E-state index contributed by atoms with van der Waals surface area (Å²) < 4.78 is 135. The van der Waals surface area contributed by atoms with Crippen LogP contribution in [0, 0.1) is 0 Å². The van der Waals surface area contributed by atoms with Gasteiger partial charge in [0, 0.05) is 58.1 Å². The van der Waals surface area contributed by atoms with Crippen LogP contribution in [0.1, 0.15) is 77.3 Å². The van der Waals surface area contributed by atoms with Crippen molar-refractivity contribution in [3.05, 3.63) is 93.6 Å². The molecule has 5 rings (SSSR count). The topological polar surface area (TPSA) is 261 Å². The average Bonchev–Trinajstić information content (AvgIpc) is 3.45. The van der Waals surface area contributed by atoms with Crippen molar-refractivity contribution in [2.75, 3.05) is 35.2 Å². The van der Waals surface area contributed by atoms with E-state index in [-0.39, 0.29) is 47.9 Å². The van der Waals surface area contributed by atoms with E-state index in [2.05, 4.69) is 0 Å². The molecular formula is C39H49N2O14S5+. The molecule has 2 aromatic carbocycles. The number of aliphatic carboxylic acids is 1. The number of fused-ring (bicyclic) bond motifs is 2. The Bertz CT molecular complexity index is 2690. The van der Waals surface area contributed by atoms with Gasteiger partial charge in [-0.3, -0.25) is 23.0 Å². The Hall–Kier alpha value is -3.67. The Labute approximate surface area is 355 Å². The van der Waals surface area contributed by atoms with Gasteiger partial charge >= 0.3 is 5.97 Å². The third-order valence-electron chi connectivity index (χ3n) is 10.8. The Morgan fingerprint density at radius 1 is 0.783 bits per heavy atom. The fourth-order valence-corrected chi connectivity index (χ4v) is 11.1. The van der Waals surface area contributed by atoms with Crippen LogP contribution in [0.3, 0.4) is 0 Å². The fourth-order valence-electron chi connectivity index (χ4n) is 7.93. The lowest BCUT2D eigenvalue weighted by Gasteiger charge is -2.27. The SMILES string of the molecule is CC1(C)C(/C=C/C2=C(SCCC(=O)O)C(=C/C=C3/N(CCCS(=O)(=O)O)c4ccc(S(=O)(=O)O)cc4C3(C)C)/CCC2)=[N+](CCCS(=O)(=O)O)c2ccc(S(=O)(=O)O)cc21. The summed E-state index contributed by atoms with van der Waals surface area (Å²) in [4.78, 5) is 13.7. The van der Waals surface area contributed by atoms with E-state index in [4.69, 9.17) is 0 Å². The van der Waals surface area contributed by atoms with Crippen LogP contribution in [-0.2, 0) is 56.1 Å². The number of nitrogens with zero attached hydrogens (tertiary/aromatic N) is 2. The zero-order chi connectivity index (χ0) is 44.6. The van der Waals surface area contributed by atoms with Crippen molar-refractivity contribution in [3.63, 3.8) is 0 Å². The van der Waals surface area contributed by atoms with E-state index in [1.165, 1.54) is 48.2 Å². The molecule has 60 heavy (non-hydrogen) atoms. The molecule has 1 aliphatic carbocycles. The number of thioether (sulfide) groups is 1. The van der Waals surface area contributed by atoms with Crippen molar-refractivity contribution in [2.45, 2.75) is 86.8 Å². The highest BCUT2D eigenvalue weighted by Gasteiger charge is 2.45. The van der Waals surface area contributed by atoms with Gasteiger partial charge in [-0.1, -0.05) is 26.0 Å². The lowest BCUT2D eigenvalue weighted by atomic mass is 9.81. The third-order valence-corrected chi connectivity index (χ3v) is 15.3. The van der Waals surface area contributed by atoms with Crippen LogP contribution in [0.5, 0.6) is 0 Å². The molecule has 0 unspecified atom stereocenters. The monoisotopic (exact) mass is 929 g/mol. The summed E-state index contributed by atoms with van der Waals surface area (Å²) in [6, 6.07) is 8.34. The minimum absolute atomic E-state index is 0.0382. The maximum atomic E-state index is 12.1. The molecule has 0 saturated heterocycles. The van der Waals surface area contributed by atoms with Gasteiger partial charge in [-0.2, -0.15) is 38.2 Å². The van der Waals surface area contributed by atoms with Crippen molar-refractivity contribution in [3.8, 4) is 0 Å². The second-order valence-corrected chi connectivity index (χ2v) is 22.9. The number of carboxylic acid groups (broad SMARTS) is 1. The van der Waals surface area contributed by atoms with Gasteiger partial charge in [0.25, 0.3) is 40.5 Å². The molecule has 0 aromatic heterocycles. The molecule has 0 fully saturated rings. The van der Waals surface area contributed by atoms with E-state index in [0.717, 1.165) is 16.1 Å². The summed E-state index contributed by atoms with van der Waals surface area (Å²) >= 11 is 1.36. The predicted molar refractivity (Wildman–Crippen MR) is 229 cm³/mol. The van der Waals surface area contributed by atoms with Gasteiger partial charge in [-0.15, -0.1) is 11.8 Å². The maximum Gasteiger partial charge on any atom is 0.304 e. The number of carboxylic acids is 1. The first-order chi connectivity index (χ1) is 27.6. The first kappa shape index (κ1) is 47.4. The molecule has 328 valence electrons. The van der Waals surface area contributed by atoms with E-state index in [1.807, 2.05) is 61.5 Å². The molecule has 0 spiro atoms. The van der Waals surface area contributed by atoms with Crippen LogP contribution < -0.4 is 4.90 Å². The molecule has 0 bridgehead atoms. The number of hydrogen-bond acceptors (Lipinski definition) is 11. The minimum atomic E-state index is -4.55. The highest BCUT2D eigenvalue weighted by molar-refractivity contribution is 8.03. The molecule has 2 aromatic rings. The molecule has 16 nitrogen and oxygen atoms in total. The summed E-state index contributed by atoms with van der Waals surface area (Å²) in [7, 11) is -17.7. The molecule has 0 saturated carbocycles. The highest BCUT2D eigenvalue weighted by atomic mass is 32.2. The predicted octanol–water partition coefficient (Wildman–Crippen LogP) is 5.92. The Kier molecular flexibility index (Phi) is 13.9. The van der Waals surface area contributed by atoms with E-state index < -0.39 is 68.8 Å². The molecule has 2 aliphatic heterocycles. The van der Waals surface area contributed by atoms with Gasteiger partial charge in [0.05, 0.1) is 33.1 Å². The van der Waals surface area contributed by atoms with Crippen LogP contribution in [0.4, 0.5) is 11.4 Å². The fraction of sp³-hybridized carbons (Fsp3) is 0.436. The first-order valence-electron chi connectivity index (χ1n) is 18.9. The zero-order valence-corrected chi connectivity index (χ0v) is 37.5. The quantitative estimate of drug-likeness (QED) is 0.0910. The van der Waals surface area contributed by atoms with Gasteiger partial charge in [0.2, 0.25) is 5.69 Å². The van der Waals surface area contributed by atoms with Gasteiger partial charge in [0.1, 0.15) is 6.54 Å².